The number of carboxylic acid groups (broad SMARTS) is 1. The van der Waals surface area contributed by atoms with Crippen molar-refractivity contribution in [3.63, 3.8) is 0 Å². The minimum Gasteiger partial charge on any atom is -0.478 e. The largest absolute Gasteiger partial charge is 0.478 e. The summed E-state index contributed by atoms with van der Waals surface area (Å²) in [5.74, 6) is -1.47. The van der Waals surface area contributed by atoms with Gasteiger partial charge in [0.05, 0.1) is 11.1 Å². The normalized spacial score (nSPS) is 14.7. The molecule has 1 heterocycles. The standard InChI is InChI=1S/C10H10N2O3/c13-9(12-6-1-2-6)7-3-4-11-5-8(7)10(14)15/h3-6H,1-2H2,(H,12,13)(H,14,15). The Bertz CT molecular complexity index is 413. The highest BCUT2D eigenvalue weighted by atomic mass is 16.4. The van der Waals surface area contributed by atoms with Gasteiger partial charge in [0.25, 0.3) is 5.91 Å². The summed E-state index contributed by atoms with van der Waals surface area (Å²) in [7, 11) is 0. The molecule has 2 N–H and O–H groups in total. The molecule has 1 fully saturated rings. The van der Waals surface area contributed by atoms with Crippen molar-refractivity contribution in [2.75, 3.05) is 0 Å². The van der Waals surface area contributed by atoms with E-state index >= 15 is 0 Å². The summed E-state index contributed by atoms with van der Waals surface area (Å²) in [5.41, 5.74) is 0.111. The number of aromatic carboxylic acids is 1. The highest BCUT2D eigenvalue weighted by Crippen LogP contribution is 2.19. The maximum Gasteiger partial charge on any atom is 0.338 e. The van der Waals surface area contributed by atoms with Crippen LogP contribution in [0, 0.1) is 0 Å². The molecule has 1 aliphatic carbocycles. The third-order valence-electron chi connectivity index (χ3n) is 2.21. The Hall–Kier alpha value is -1.91. The molecule has 1 aromatic heterocycles. The van der Waals surface area contributed by atoms with Crippen LogP contribution in [0.4, 0.5) is 0 Å². The molecule has 1 aromatic rings. The second kappa shape index (κ2) is 3.68. The van der Waals surface area contributed by atoms with Crippen LogP contribution < -0.4 is 5.32 Å². The van der Waals surface area contributed by atoms with Gasteiger partial charge in [-0.2, -0.15) is 0 Å². The van der Waals surface area contributed by atoms with E-state index in [4.69, 9.17) is 5.11 Å². The van der Waals surface area contributed by atoms with E-state index in [0.717, 1.165) is 12.8 Å². The Morgan fingerprint density at radius 2 is 2.13 bits per heavy atom. The number of amides is 1. The van der Waals surface area contributed by atoms with E-state index in [1.54, 1.807) is 0 Å². The lowest BCUT2D eigenvalue weighted by Crippen LogP contribution is -2.27. The van der Waals surface area contributed by atoms with Crippen LogP contribution in [-0.4, -0.2) is 28.0 Å². The summed E-state index contributed by atoms with van der Waals surface area (Å²) >= 11 is 0. The van der Waals surface area contributed by atoms with Crippen molar-refractivity contribution >= 4 is 11.9 Å². The quantitative estimate of drug-likeness (QED) is 0.761. The molecule has 15 heavy (non-hydrogen) atoms. The lowest BCUT2D eigenvalue weighted by atomic mass is 10.1. The minimum atomic E-state index is -1.14. The first kappa shape index (κ1) is 9.64. The third-order valence-corrected chi connectivity index (χ3v) is 2.21. The summed E-state index contributed by atoms with van der Waals surface area (Å²) in [5, 5.41) is 11.6. The molecule has 0 bridgehead atoms. The van der Waals surface area contributed by atoms with E-state index < -0.39 is 5.97 Å². The van der Waals surface area contributed by atoms with Crippen molar-refractivity contribution in [2.24, 2.45) is 0 Å². The van der Waals surface area contributed by atoms with E-state index in [1.165, 1.54) is 18.5 Å². The summed E-state index contributed by atoms with van der Waals surface area (Å²) in [6.45, 7) is 0. The van der Waals surface area contributed by atoms with Gasteiger partial charge in [0.15, 0.2) is 0 Å². The third kappa shape index (κ3) is 2.12. The topological polar surface area (TPSA) is 79.3 Å². The molecule has 78 valence electrons. The fourth-order valence-corrected chi connectivity index (χ4v) is 1.25. The molecule has 0 saturated heterocycles. The van der Waals surface area contributed by atoms with Crippen LogP contribution in [0.5, 0.6) is 0 Å². The molecule has 0 aromatic carbocycles. The number of carboxylic acids is 1. The Kier molecular flexibility index (Phi) is 2.37. The number of nitrogens with zero attached hydrogens (tertiary/aromatic N) is 1. The Labute approximate surface area is 86.1 Å². The van der Waals surface area contributed by atoms with Crippen molar-refractivity contribution in [1.82, 2.24) is 10.3 Å². The molecule has 1 aliphatic rings. The van der Waals surface area contributed by atoms with Gasteiger partial charge in [-0.25, -0.2) is 4.79 Å². The van der Waals surface area contributed by atoms with Gasteiger partial charge in [-0.05, 0) is 18.9 Å². The average Bonchev–Trinajstić information content (AvgIpc) is 3.01. The van der Waals surface area contributed by atoms with Gasteiger partial charge >= 0.3 is 5.97 Å². The maximum atomic E-state index is 11.6. The van der Waals surface area contributed by atoms with Crippen molar-refractivity contribution in [1.29, 1.82) is 0 Å². The monoisotopic (exact) mass is 206 g/mol. The fraction of sp³-hybridized carbons (Fsp3) is 0.300. The first-order valence-electron chi connectivity index (χ1n) is 4.66. The fourth-order valence-electron chi connectivity index (χ4n) is 1.25. The second-order valence-corrected chi connectivity index (χ2v) is 3.47. The molecule has 0 unspecified atom stereocenters. The molecule has 5 nitrogen and oxygen atoms in total. The number of hydrogen-bond acceptors (Lipinski definition) is 3. The predicted molar refractivity (Wildman–Crippen MR) is 51.7 cm³/mol. The Morgan fingerprint density at radius 1 is 1.40 bits per heavy atom. The minimum absolute atomic E-state index is 0.0596. The van der Waals surface area contributed by atoms with Crippen LogP contribution in [0.25, 0.3) is 0 Å². The van der Waals surface area contributed by atoms with E-state index in [0.29, 0.717) is 0 Å². The van der Waals surface area contributed by atoms with Gasteiger partial charge in [0.2, 0.25) is 0 Å². The molecular weight excluding hydrogens is 196 g/mol. The van der Waals surface area contributed by atoms with Crippen molar-refractivity contribution < 1.29 is 14.7 Å². The number of rotatable bonds is 3. The van der Waals surface area contributed by atoms with Crippen LogP contribution in [-0.2, 0) is 0 Å². The van der Waals surface area contributed by atoms with E-state index in [1.807, 2.05) is 0 Å². The molecule has 0 atom stereocenters. The van der Waals surface area contributed by atoms with E-state index in [-0.39, 0.29) is 23.1 Å². The highest BCUT2D eigenvalue weighted by Gasteiger charge is 2.25. The molecule has 0 spiro atoms. The molecule has 0 aliphatic heterocycles. The maximum absolute atomic E-state index is 11.6. The average molecular weight is 206 g/mol. The van der Waals surface area contributed by atoms with Gasteiger partial charge in [-0.15, -0.1) is 0 Å². The summed E-state index contributed by atoms with van der Waals surface area (Å²) in [6.07, 6.45) is 4.54. The van der Waals surface area contributed by atoms with Crippen molar-refractivity contribution in [2.45, 2.75) is 18.9 Å². The molecule has 0 radical (unpaired) electrons. The first-order chi connectivity index (χ1) is 7.18. The van der Waals surface area contributed by atoms with Gasteiger partial charge in [-0.3, -0.25) is 9.78 Å². The summed E-state index contributed by atoms with van der Waals surface area (Å²) in [6, 6.07) is 1.63. The van der Waals surface area contributed by atoms with Crippen LogP contribution in [0.15, 0.2) is 18.5 Å². The number of carbonyl (C=O) groups excluding carboxylic acids is 1. The highest BCUT2D eigenvalue weighted by molar-refractivity contribution is 6.04. The second-order valence-electron chi connectivity index (χ2n) is 3.47. The molecule has 1 amide bonds. The lowest BCUT2D eigenvalue weighted by Gasteiger charge is -2.05. The zero-order valence-corrected chi connectivity index (χ0v) is 7.93. The molecule has 1 saturated carbocycles. The number of carbonyl (C=O) groups is 2. The van der Waals surface area contributed by atoms with Crippen molar-refractivity contribution in [3.8, 4) is 0 Å². The van der Waals surface area contributed by atoms with Gasteiger partial charge in [0, 0.05) is 18.4 Å². The smallest absolute Gasteiger partial charge is 0.338 e. The number of pyridine rings is 1. The van der Waals surface area contributed by atoms with Crippen LogP contribution in [0.3, 0.4) is 0 Å². The molecule has 5 heteroatoms. The predicted octanol–water partition coefficient (Wildman–Crippen LogP) is 0.672. The summed E-state index contributed by atoms with van der Waals surface area (Å²) in [4.78, 5) is 26.1. The van der Waals surface area contributed by atoms with Gasteiger partial charge in [0.1, 0.15) is 0 Å². The van der Waals surface area contributed by atoms with Crippen LogP contribution in [0.1, 0.15) is 33.6 Å². The first-order valence-corrected chi connectivity index (χ1v) is 4.66. The van der Waals surface area contributed by atoms with Crippen LogP contribution in [0.2, 0.25) is 0 Å². The molecular formula is C10H10N2O3. The van der Waals surface area contributed by atoms with Crippen molar-refractivity contribution in [3.05, 3.63) is 29.6 Å². The van der Waals surface area contributed by atoms with Crippen LogP contribution >= 0.6 is 0 Å². The summed E-state index contributed by atoms with van der Waals surface area (Å²) < 4.78 is 0. The van der Waals surface area contributed by atoms with E-state index in [2.05, 4.69) is 10.3 Å². The number of hydrogen-bond donors (Lipinski definition) is 2. The van der Waals surface area contributed by atoms with Gasteiger partial charge in [-0.1, -0.05) is 0 Å². The zero-order valence-electron chi connectivity index (χ0n) is 7.93. The SMILES string of the molecule is O=C(O)c1cnccc1C(=O)NC1CC1. The number of aromatic nitrogens is 1. The Morgan fingerprint density at radius 3 is 2.73 bits per heavy atom. The lowest BCUT2D eigenvalue weighted by molar-refractivity contribution is 0.0690. The molecule has 2 rings (SSSR count). The van der Waals surface area contributed by atoms with E-state index in [9.17, 15) is 9.59 Å². The number of nitrogens with one attached hydrogen (secondary N) is 1. The Balaban J connectivity index is 2.24. The van der Waals surface area contributed by atoms with Gasteiger partial charge < -0.3 is 10.4 Å². The zero-order chi connectivity index (χ0) is 10.8.